The number of carbonyl (C=O) groups excluding carboxylic acids is 2. The van der Waals surface area contributed by atoms with Crippen molar-refractivity contribution >= 4 is 23.4 Å². The van der Waals surface area contributed by atoms with Crippen molar-refractivity contribution in [3.63, 3.8) is 0 Å². The minimum Gasteiger partial charge on any atom is -0.366 e. The Balaban J connectivity index is 1.32. The van der Waals surface area contributed by atoms with E-state index < -0.39 is 5.91 Å². The average Bonchev–Trinajstić information content (AvgIpc) is 2.74. The number of nitrogens with two attached hydrogens (primary N) is 1. The van der Waals surface area contributed by atoms with E-state index in [1.807, 2.05) is 11.0 Å². The molecule has 2 N–H and O–H groups in total. The van der Waals surface area contributed by atoms with Crippen LogP contribution in [0.5, 0.6) is 0 Å². The van der Waals surface area contributed by atoms with Gasteiger partial charge in [-0.05, 0) is 50.1 Å². The number of piperazine rings is 1. The molecule has 2 aromatic heterocycles. The van der Waals surface area contributed by atoms with Crippen LogP contribution in [0.1, 0.15) is 45.7 Å². The van der Waals surface area contributed by atoms with Crippen LogP contribution >= 0.6 is 11.6 Å². The van der Waals surface area contributed by atoms with Crippen LogP contribution in [-0.2, 0) is 6.42 Å². The highest BCUT2D eigenvalue weighted by molar-refractivity contribution is 6.32. The number of unbranched alkanes of at least 4 members (excludes halogenated alkanes) is 2. The SMILES string of the molecule is NC(=O)c1ccc(CCCCCN2CCN(C(=O)c3cccnc3Cl)CC2)nc1. The summed E-state index contributed by atoms with van der Waals surface area (Å²) in [5.74, 6) is -0.494. The Hall–Kier alpha value is -2.51. The van der Waals surface area contributed by atoms with E-state index in [2.05, 4.69) is 14.9 Å². The molecule has 3 rings (SSSR count). The third kappa shape index (κ3) is 5.98. The van der Waals surface area contributed by atoms with Crippen molar-refractivity contribution in [3.8, 4) is 0 Å². The summed E-state index contributed by atoms with van der Waals surface area (Å²) in [5.41, 5.74) is 7.12. The molecule has 2 amide bonds. The van der Waals surface area contributed by atoms with Crippen LogP contribution in [0.2, 0.25) is 5.15 Å². The number of rotatable bonds is 8. The Labute approximate surface area is 175 Å². The molecule has 0 aliphatic carbocycles. The first-order valence-corrected chi connectivity index (χ1v) is 10.3. The van der Waals surface area contributed by atoms with Gasteiger partial charge in [-0.1, -0.05) is 18.0 Å². The number of aromatic nitrogens is 2. The molecule has 2 aromatic rings. The summed E-state index contributed by atoms with van der Waals surface area (Å²) in [7, 11) is 0. The predicted molar refractivity (Wildman–Crippen MR) is 112 cm³/mol. The molecule has 0 saturated carbocycles. The first-order valence-electron chi connectivity index (χ1n) is 9.91. The van der Waals surface area contributed by atoms with Gasteiger partial charge in [0.25, 0.3) is 5.91 Å². The van der Waals surface area contributed by atoms with Gasteiger partial charge in [0.15, 0.2) is 0 Å². The van der Waals surface area contributed by atoms with Crippen molar-refractivity contribution in [2.45, 2.75) is 25.7 Å². The Morgan fingerprint density at radius 2 is 1.83 bits per heavy atom. The van der Waals surface area contributed by atoms with E-state index >= 15 is 0 Å². The quantitative estimate of drug-likeness (QED) is 0.528. The zero-order valence-electron chi connectivity index (χ0n) is 16.4. The van der Waals surface area contributed by atoms with Gasteiger partial charge in [-0.15, -0.1) is 0 Å². The molecule has 1 aliphatic heterocycles. The van der Waals surface area contributed by atoms with Crippen LogP contribution < -0.4 is 5.73 Å². The fourth-order valence-corrected chi connectivity index (χ4v) is 3.63. The molecule has 0 atom stereocenters. The molecule has 0 spiro atoms. The number of aryl methyl sites for hydroxylation is 1. The van der Waals surface area contributed by atoms with E-state index in [1.165, 1.54) is 6.20 Å². The molecule has 3 heterocycles. The van der Waals surface area contributed by atoms with E-state index in [0.717, 1.165) is 51.0 Å². The van der Waals surface area contributed by atoms with Gasteiger partial charge in [-0.25, -0.2) is 4.98 Å². The molecule has 7 nitrogen and oxygen atoms in total. The maximum absolute atomic E-state index is 12.6. The lowest BCUT2D eigenvalue weighted by molar-refractivity contribution is 0.0635. The van der Waals surface area contributed by atoms with Crippen LogP contribution in [0.25, 0.3) is 0 Å². The van der Waals surface area contributed by atoms with Crippen LogP contribution in [0.3, 0.4) is 0 Å². The van der Waals surface area contributed by atoms with E-state index in [1.54, 1.807) is 24.4 Å². The average molecular weight is 416 g/mol. The van der Waals surface area contributed by atoms with Gasteiger partial charge in [0.2, 0.25) is 5.91 Å². The molecular weight excluding hydrogens is 390 g/mol. The van der Waals surface area contributed by atoms with Gasteiger partial charge in [-0.2, -0.15) is 0 Å². The first-order chi connectivity index (χ1) is 14.0. The third-order valence-corrected chi connectivity index (χ3v) is 5.47. The Bertz CT molecular complexity index is 835. The van der Waals surface area contributed by atoms with Crippen LogP contribution in [-0.4, -0.2) is 64.3 Å². The second-order valence-corrected chi connectivity index (χ2v) is 7.55. The second-order valence-electron chi connectivity index (χ2n) is 7.19. The molecule has 154 valence electrons. The normalized spacial score (nSPS) is 14.7. The first kappa shape index (κ1) is 21.2. The second kappa shape index (κ2) is 10.3. The highest BCUT2D eigenvalue weighted by Crippen LogP contribution is 2.16. The molecule has 0 unspecified atom stereocenters. The summed E-state index contributed by atoms with van der Waals surface area (Å²) >= 11 is 6.04. The van der Waals surface area contributed by atoms with Crippen molar-refractivity contribution < 1.29 is 9.59 Å². The Morgan fingerprint density at radius 3 is 2.48 bits per heavy atom. The molecule has 8 heteroatoms. The van der Waals surface area contributed by atoms with Crippen molar-refractivity contribution in [1.82, 2.24) is 19.8 Å². The molecule has 1 aliphatic rings. The summed E-state index contributed by atoms with van der Waals surface area (Å²) < 4.78 is 0. The van der Waals surface area contributed by atoms with Gasteiger partial charge in [0.1, 0.15) is 5.15 Å². The fourth-order valence-electron chi connectivity index (χ4n) is 3.43. The topological polar surface area (TPSA) is 92.4 Å². The summed E-state index contributed by atoms with van der Waals surface area (Å²) in [6.07, 6.45) is 7.31. The van der Waals surface area contributed by atoms with Crippen molar-refractivity contribution in [2.24, 2.45) is 5.73 Å². The Kier molecular flexibility index (Phi) is 7.55. The monoisotopic (exact) mass is 415 g/mol. The van der Waals surface area contributed by atoms with Gasteiger partial charge < -0.3 is 10.6 Å². The maximum atomic E-state index is 12.6. The third-order valence-electron chi connectivity index (χ3n) is 5.17. The molecule has 1 fully saturated rings. The number of pyridine rings is 2. The van der Waals surface area contributed by atoms with Crippen molar-refractivity contribution in [3.05, 3.63) is 58.6 Å². The number of halogens is 1. The molecule has 0 radical (unpaired) electrons. The van der Waals surface area contributed by atoms with E-state index in [0.29, 0.717) is 24.2 Å². The van der Waals surface area contributed by atoms with Crippen molar-refractivity contribution in [1.29, 1.82) is 0 Å². The highest BCUT2D eigenvalue weighted by Gasteiger charge is 2.23. The molecule has 0 aromatic carbocycles. The standard InChI is InChI=1S/C21H26ClN5O2/c22-19-18(6-4-9-24-19)21(29)27-13-11-26(12-14-27)10-3-1-2-5-17-8-7-16(15-25-17)20(23)28/h4,6-9,15H,1-3,5,10-14H2,(H2,23,28). The van der Waals surface area contributed by atoms with E-state index in [-0.39, 0.29) is 11.1 Å². The lowest BCUT2D eigenvalue weighted by Crippen LogP contribution is -2.48. The number of hydrogen-bond acceptors (Lipinski definition) is 5. The molecule has 0 bridgehead atoms. The molecule has 1 saturated heterocycles. The summed E-state index contributed by atoms with van der Waals surface area (Å²) in [6.45, 7) is 4.20. The van der Waals surface area contributed by atoms with Crippen LogP contribution in [0.4, 0.5) is 0 Å². The van der Waals surface area contributed by atoms with Crippen molar-refractivity contribution in [2.75, 3.05) is 32.7 Å². The summed E-state index contributed by atoms with van der Waals surface area (Å²) in [5, 5.41) is 0.263. The zero-order chi connectivity index (χ0) is 20.6. The number of hydrogen-bond donors (Lipinski definition) is 1. The van der Waals surface area contributed by atoms with Gasteiger partial charge in [0, 0.05) is 44.3 Å². The predicted octanol–water partition coefficient (Wildman–Crippen LogP) is 2.40. The minimum absolute atomic E-state index is 0.0439. The van der Waals surface area contributed by atoms with E-state index in [9.17, 15) is 9.59 Å². The number of carbonyl (C=O) groups is 2. The smallest absolute Gasteiger partial charge is 0.257 e. The van der Waals surface area contributed by atoms with E-state index in [4.69, 9.17) is 17.3 Å². The lowest BCUT2D eigenvalue weighted by Gasteiger charge is -2.34. The number of amides is 2. The van der Waals surface area contributed by atoms with Gasteiger partial charge >= 0.3 is 0 Å². The lowest BCUT2D eigenvalue weighted by atomic mass is 10.1. The zero-order valence-corrected chi connectivity index (χ0v) is 17.1. The minimum atomic E-state index is -0.450. The summed E-state index contributed by atoms with van der Waals surface area (Å²) in [4.78, 5) is 36.1. The Morgan fingerprint density at radius 1 is 1.03 bits per heavy atom. The summed E-state index contributed by atoms with van der Waals surface area (Å²) in [6, 6.07) is 7.05. The number of primary amides is 1. The van der Waals surface area contributed by atoms with Crippen LogP contribution in [0, 0.1) is 0 Å². The van der Waals surface area contributed by atoms with Gasteiger partial charge in [-0.3, -0.25) is 19.5 Å². The number of nitrogens with zero attached hydrogens (tertiary/aromatic N) is 4. The van der Waals surface area contributed by atoms with Crippen LogP contribution in [0.15, 0.2) is 36.7 Å². The fraction of sp³-hybridized carbons (Fsp3) is 0.429. The maximum Gasteiger partial charge on any atom is 0.257 e. The molecular formula is C21H26ClN5O2. The molecule has 29 heavy (non-hydrogen) atoms. The van der Waals surface area contributed by atoms with Gasteiger partial charge in [0.05, 0.1) is 11.1 Å². The largest absolute Gasteiger partial charge is 0.366 e. The highest BCUT2D eigenvalue weighted by atomic mass is 35.5.